The van der Waals surface area contributed by atoms with E-state index in [-0.39, 0.29) is 0 Å². The molecule has 1 saturated heterocycles. The lowest BCUT2D eigenvalue weighted by Crippen LogP contribution is -2.46. The smallest absolute Gasteiger partial charge is 0.00980 e. The minimum absolute atomic E-state index is 0.884. The zero-order chi connectivity index (χ0) is 11.8. The Kier molecular flexibility index (Phi) is 7.11. The van der Waals surface area contributed by atoms with E-state index < -0.39 is 0 Å². The van der Waals surface area contributed by atoms with E-state index in [0.717, 1.165) is 12.1 Å². The van der Waals surface area contributed by atoms with Gasteiger partial charge in [0.2, 0.25) is 0 Å². The second-order valence-electron chi connectivity index (χ2n) is 5.38. The fourth-order valence-electron chi connectivity index (χ4n) is 3.19. The van der Waals surface area contributed by atoms with Gasteiger partial charge in [0.05, 0.1) is 0 Å². The number of rotatable bonds is 7. The monoisotopic (exact) mass is 225 g/mol. The van der Waals surface area contributed by atoms with Crippen molar-refractivity contribution >= 4 is 0 Å². The summed E-state index contributed by atoms with van der Waals surface area (Å²) in [4.78, 5) is 2.85. The molecule has 96 valence electrons. The maximum Gasteiger partial charge on any atom is 0.00980 e. The maximum absolute atomic E-state index is 2.85. The van der Waals surface area contributed by atoms with Crippen molar-refractivity contribution < 1.29 is 0 Å². The maximum atomic E-state index is 2.85. The van der Waals surface area contributed by atoms with Gasteiger partial charge in [-0.15, -0.1) is 0 Å². The molecule has 0 radical (unpaired) electrons. The van der Waals surface area contributed by atoms with Crippen LogP contribution >= 0.6 is 0 Å². The van der Waals surface area contributed by atoms with Gasteiger partial charge in [0.15, 0.2) is 0 Å². The highest BCUT2D eigenvalue weighted by molar-refractivity contribution is 4.82. The average Bonchev–Trinajstić information content (AvgIpc) is 2.34. The van der Waals surface area contributed by atoms with Gasteiger partial charge >= 0.3 is 0 Å². The van der Waals surface area contributed by atoms with Crippen molar-refractivity contribution in [2.45, 2.75) is 90.6 Å². The van der Waals surface area contributed by atoms with Gasteiger partial charge in [0, 0.05) is 12.1 Å². The third-order valence-corrected chi connectivity index (χ3v) is 4.13. The average molecular weight is 225 g/mol. The fraction of sp³-hybridized carbons (Fsp3) is 1.00. The molecule has 1 unspecified atom stereocenters. The van der Waals surface area contributed by atoms with E-state index in [4.69, 9.17) is 0 Å². The molecule has 0 aromatic rings. The highest BCUT2D eigenvalue weighted by Crippen LogP contribution is 2.26. The van der Waals surface area contributed by atoms with Crippen LogP contribution in [0, 0.1) is 0 Å². The van der Waals surface area contributed by atoms with Crippen LogP contribution in [-0.4, -0.2) is 23.5 Å². The third-order valence-electron chi connectivity index (χ3n) is 4.13. The highest BCUT2D eigenvalue weighted by Gasteiger charge is 2.26. The second kappa shape index (κ2) is 8.11. The molecule has 1 heterocycles. The summed E-state index contributed by atoms with van der Waals surface area (Å²) >= 11 is 0. The molecule has 0 aromatic carbocycles. The Morgan fingerprint density at radius 1 is 1.06 bits per heavy atom. The second-order valence-corrected chi connectivity index (χ2v) is 5.38. The Hall–Kier alpha value is -0.0400. The summed E-state index contributed by atoms with van der Waals surface area (Å²) in [7, 11) is 0. The summed E-state index contributed by atoms with van der Waals surface area (Å²) in [6, 6.07) is 1.78. The van der Waals surface area contributed by atoms with Crippen LogP contribution in [0.25, 0.3) is 0 Å². The van der Waals surface area contributed by atoms with Crippen LogP contribution in [0.2, 0.25) is 0 Å². The number of piperidine rings is 1. The molecular formula is C15H31N. The van der Waals surface area contributed by atoms with Crippen LogP contribution in [0.5, 0.6) is 0 Å². The predicted molar refractivity (Wildman–Crippen MR) is 72.9 cm³/mol. The first kappa shape index (κ1) is 14.0. The van der Waals surface area contributed by atoms with Gasteiger partial charge < -0.3 is 0 Å². The molecule has 0 spiro atoms. The van der Waals surface area contributed by atoms with Crippen molar-refractivity contribution in [3.63, 3.8) is 0 Å². The van der Waals surface area contributed by atoms with Gasteiger partial charge in [-0.3, -0.25) is 4.90 Å². The van der Waals surface area contributed by atoms with E-state index in [1.807, 2.05) is 0 Å². The van der Waals surface area contributed by atoms with E-state index in [0.29, 0.717) is 0 Å². The molecule has 1 aliphatic rings. The molecule has 1 heteroatoms. The van der Waals surface area contributed by atoms with Crippen LogP contribution in [-0.2, 0) is 0 Å². The topological polar surface area (TPSA) is 3.24 Å². The Morgan fingerprint density at radius 3 is 2.50 bits per heavy atom. The van der Waals surface area contributed by atoms with Crippen LogP contribution < -0.4 is 0 Å². The molecule has 2 atom stereocenters. The van der Waals surface area contributed by atoms with Gasteiger partial charge in [-0.1, -0.05) is 46.5 Å². The normalized spacial score (nSPS) is 24.6. The van der Waals surface area contributed by atoms with Gasteiger partial charge in [-0.2, -0.15) is 0 Å². The first-order chi connectivity index (χ1) is 7.83. The summed E-state index contributed by atoms with van der Waals surface area (Å²) in [6.45, 7) is 8.39. The Balaban J connectivity index is 2.51. The summed E-state index contributed by atoms with van der Waals surface area (Å²) in [6.07, 6.45) is 12.7. The van der Waals surface area contributed by atoms with Crippen molar-refractivity contribution in [1.29, 1.82) is 0 Å². The van der Waals surface area contributed by atoms with Crippen molar-refractivity contribution in [3.05, 3.63) is 0 Å². The molecular weight excluding hydrogens is 194 g/mol. The van der Waals surface area contributed by atoms with Crippen LogP contribution in [0.1, 0.15) is 78.6 Å². The molecule has 0 N–H and O–H groups in total. The molecule has 0 amide bonds. The molecule has 0 saturated carbocycles. The molecule has 0 aromatic heterocycles. The lowest BCUT2D eigenvalue weighted by Gasteiger charge is -2.41. The Labute approximate surface area is 103 Å². The summed E-state index contributed by atoms with van der Waals surface area (Å²) in [5.41, 5.74) is 0. The number of unbranched alkanes of at least 4 members (excludes halogenated alkanes) is 1. The van der Waals surface area contributed by atoms with Crippen molar-refractivity contribution in [3.8, 4) is 0 Å². The largest absolute Gasteiger partial charge is 0.297 e. The minimum Gasteiger partial charge on any atom is -0.297 e. The summed E-state index contributed by atoms with van der Waals surface area (Å²) in [5.74, 6) is 0. The zero-order valence-electron chi connectivity index (χ0n) is 11.7. The predicted octanol–water partition coefficient (Wildman–Crippen LogP) is 4.61. The van der Waals surface area contributed by atoms with Crippen molar-refractivity contribution in [1.82, 2.24) is 4.90 Å². The van der Waals surface area contributed by atoms with E-state index in [2.05, 4.69) is 25.7 Å². The SMILES string of the molecule is CCCCC(CCC)N1CCCC[C@H]1CC. The van der Waals surface area contributed by atoms with Gasteiger partial charge in [-0.25, -0.2) is 0 Å². The Morgan fingerprint density at radius 2 is 1.88 bits per heavy atom. The van der Waals surface area contributed by atoms with Crippen molar-refractivity contribution in [2.24, 2.45) is 0 Å². The number of hydrogen-bond acceptors (Lipinski definition) is 1. The Bertz CT molecular complexity index is 167. The molecule has 0 aliphatic carbocycles. The standard InChI is InChI=1S/C15H31N/c1-4-7-11-15(10-5-2)16-13-9-8-12-14(16)6-3/h14-15H,4-13H2,1-3H3/t14-,15?/m1/s1. The molecule has 1 fully saturated rings. The minimum atomic E-state index is 0.884. The highest BCUT2D eigenvalue weighted by atomic mass is 15.2. The lowest BCUT2D eigenvalue weighted by molar-refractivity contribution is 0.0799. The number of hydrogen-bond donors (Lipinski definition) is 0. The number of nitrogens with zero attached hydrogens (tertiary/aromatic N) is 1. The molecule has 1 nitrogen and oxygen atoms in total. The van der Waals surface area contributed by atoms with Gasteiger partial charge in [-0.05, 0) is 38.6 Å². The van der Waals surface area contributed by atoms with E-state index in [1.165, 1.54) is 64.3 Å². The van der Waals surface area contributed by atoms with E-state index >= 15 is 0 Å². The lowest BCUT2D eigenvalue weighted by atomic mass is 9.94. The summed E-state index contributed by atoms with van der Waals surface area (Å²) in [5, 5.41) is 0. The first-order valence-corrected chi connectivity index (χ1v) is 7.59. The first-order valence-electron chi connectivity index (χ1n) is 7.59. The van der Waals surface area contributed by atoms with Crippen LogP contribution in [0.4, 0.5) is 0 Å². The molecule has 1 rings (SSSR count). The van der Waals surface area contributed by atoms with E-state index in [9.17, 15) is 0 Å². The fourth-order valence-corrected chi connectivity index (χ4v) is 3.19. The van der Waals surface area contributed by atoms with Crippen LogP contribution in [0.3, 0.4) is 0 Å². The molecule has 0 bridgehead atoms. The zero-order valence-corrected chi connectivity index (χ0v) is 11.7. The molecule has 1 aliphatic heterocycles. The van der Waals surface area contributed by atoms with Crippen molar-refractivity contribution in [2.75, 3.05) is 6.54 Å². The number of likely N-dealkylation sites (tertiary alicyclic amines) is 1. The van der Waals surface area contributed by atoms with Crippen LogP contribution in [0.15, 0.2) is 0 Å². The quantitative estimate of drug-likeness (QED) is 0.611. The third kappa shape index (κ3) is 4.08. The summed E-state index contributed by atoms with van der Waals surface area (Å²) < 4.78 is 0. The van der Waals surface area contributed by atoms with E-state index in [1.54, 1.807) is 0 Å². The van der Waals surface area contributed by atoms with Gasteiger partial charge in [0.1, 0.15) is 0 Å². The molecule has 16 heavy (non-hydrogen) atoms. The van der Waals surface area contributed by atoms with Gasteiger partial charge in [0.25, 0.3) is 0 Å².